The van der Waals surface area contributed by atoms with Gasteiger partial charge in [-0.2, -0.15) is 0 Å². The van der Waals surface area contributed by atoms with Gasteiger partial charge in [0.25, 0.3) is 5.91 Å². The first-order valence-corrected chi connectivity index (χ1v) is 7.81. The Morgan fingerprint density at radius 2 is 1.55 bits per heavy atom. The van der Waals surface area contributed by atoms with E-state index >= 15 is 0 Å². The van der Waals surface area contributed by atoms with Crippen LogP contribution < -0.4 is 16.0 Å². The van der Waals surface area contributed by atoms with Crippen molar-refractivity contribution >= 4 is 34.6 Å². The molecule has 0 saturated carbocycles. The van der Waals surface area contributed by atoms with E-state index in [2.05, 4.69) is 16.0 Å². The fourth-order valence-electron chi connectivity index (χ4n) is 1.82. The zero-order chi connectivity index (χ0) is 16.1. The number of carbonyl (C=O) groups excluding carboxylic acids is 2. The number of thiophene rings is 1. The zero-order valence-electron chi connectivity index (χ0n) is 12.8. The van der Waals surface area contributed by atoms with Crippen molar-refractivity contribution in [2.45, 2.75) is 26.8 Å². The van der Waals surface area contributed by atoms with Gasteiger partial charge in [0, 0.05) is 22.3 Å². The van der Waals surface area contributed by atoms with Crippen LogP contribution in [0.25, 0.3) is 0 Å². The lowest BCUT2D eigenvalue weighted by molar-refractivity contribution is 0.103. The van der Waals surface area contributed by atoms with Gasteiger partial charge in [0.2, 0.25) is 0 Å². The van der Waals surface area contributed by atoms with Gasteiger partial charge in [0.1, 0.15) is 0 Å². The molecule has 2 rings (SSSR count). The average Bonchev–Trinajstić information content (AvgIpc) is 2.87. The molecule has 5 nitrogen and oxygen atoms in total. The number of hydrogen-bond acceptors (Lipinski definition) is 3. The molecule has 3 amide bonds. The first kappa shape index (κ1) is 16.0. The molecular formula is C16H19N3O2S. The van der Waals surface area contributed by atoms with Gasteiger partial charge in [-0.3, -0.25) is 4.79 Å². The number of carbonyl (C=O) groups is 2. The molecule has 0 bridgehead atoms. The Balaban J connectivity index is 1.94. The number of anilines is 2. The third-order valence-corrected chi connectivity index (χ3v) is 3.78. The molecule has 116 valence electrons. The lowest BCUT2D eigenvalue weighted by atomic mass is 10.2. The van der Waals surface area contributed by atoms with Crippen molar-refractivity contribution in [3.8, 4) is 0 Å². The second-order valence-electron chi connectivity index (χ2n) is 5.19. The number of amides is 3. The van der Waals surface area contributed by atoms with Crippen LogP contribution in [-0.2, 0) is 0 Å². The fraction of sp³-hybridized carbons (Fsp3) is 0.250. The third kappa shape index (κ3) is 4.60. The normalized spacial score (nSPS) is 10.4. The van der Waals surface area contributed by atoms with Crippen LogP contribution in [0.3, 0.4) is 0 Å². The minimum atomic E-state index is -0.249. The Morgan fingerprint density at radius 1 is 0.955 bits per heavy atom. The van der Waals surface area contributed by atoms with Crippen LogP contribution in [0.1, 0.15) is 28.4 Å². The Morgan fingerprint density at radius 3 is 2.05 bits per heavy atom. The maximum Gasteiger partial charge on any atom is 0.319 e. The molecule has 22 heavy (non-hydrogen) atoms. The zero-order valence-corrected chi connectivity index (χ0v) is 13.6. The van der Waals surface area contributed by atoms with Crippen LogP contribution in [0.4, 0.5) is 16.2 Å². The van der Waals surface area contributed by atoms with E-state index in [4.69, 9.17) is 0 Å². The summed E-state index contributed by atoms with van der Waals surface area (Å²) in [6, 6.07) is 10.5. The van der Waals surface area contributed by atoms with Gasteiger partial charge < -0.3 is 16.0 Å². The summed E-state index contributed by atoms with van der Waals surface area (Å²) in [5, 5.41) is 8.30. The molecule has 1 aromatic heterocycles. The molecule has 6 heteroatoms. The van der Waals surface area contributed by atoms with Crippen molar-refractivity contribution in [3.05, 3.63) is 46.2 Å². The highest BCUT2D eigenvalue weighted by atomic mass is 32.1. The molecule has 0 aliphatic heterocycles. The molecule has 0 atom stereocenters. The van der Waals surface area contributed by atoms with Gasteiger partial charge in [0.05, 0.1) is 4.88 Å². The van der Waals surface area contributed by atoms with Crippen molar-refractivity contribution in [2.75, 3.05) is 10.6 Å². The highest BCUT2D eigenvalue weighted by Gasteiger charge is 2.08. The molecule has 0 spiro atoms. The van der Waals surface area contributed by atoms with E-state index in [1.807, 2.05) is 32.9 Å². The van der Waals surface area contributed by atoms with Crippen LogP contribution in [0, 0.1) is 6.92 Å². The van der Waals surface area contributed by atoms with Crippen molar-refractivity contribution < 1.29 is 9.59 Å². The standard InChI is InChI=1S/C16H19N3O2S/c1-10(2)17-16(21)19-13-7-5-12(6-8-13)18-15(20)14-9-4-11(3)22-14/h4-10H,1-3H3,(H,18,20)(H2,17,19,21). The summed E-state index contributed by atoms with van der Waals surface area (Å²) in [4.78, 5) is 25.4. The summed E-state index contributed by atoms with van der Waals surface area (Å²) in [6.45, 7) is 5.75. The number of benzene rings is 1. The Hall–Kier alpha value is -2.34. The molecule has 0 fully saturated rings. The van der Waals surface area contributed by atoms with Crippen LogP contribution >= 0.6 is 11.3 Å². The van der Waals surface area contributed by atoms with Crippen LogP contribution in [0.15, 0.2) is 36.4 Å². The SMILES string of the molecule is Cc1ccc(C(=O)Nc2ccc(NC(=O)NC(C)C)cc2)s1. The first-order chi connectivity index (χ1) is 10.4. The number of nitrogens with one attached hydrogen (secondary N) is 3. The van der Waals surface area contributed by atoms with Gasteiger partial charge in [-0.25, -0.2) is 4.79 Å². The fourth-order valence-corrected chi connectivity index (χ4v) is 2.58. The molecule has 1 aromatic carbocycles. The van der Waals surface area contributed by atoms with Crippen molar-refractivity contribution in [2.24, 2.45) is 0 Å². The Kier molecular flexibility index (Phi) is 5.16. The minimum Gasteiger partial charge on any atom is -0.336 e. The first-order valence-electron chi connectivity index (χ1n) is 6.99. The number of hydrogen-bond donors (Lipinski definition) is 3. The van der Waals surface area contributed by atoms with E-state index in [1.165, 1.54) is 11.3 Å². The summed E-state index contributed by atoms with van der Waals surface area (Å²) in [6.07, 6.45) is 0. The molecule has 3 N–H and O–H groups in total. The summed E-state index contributed by atoms with van der Waals surface area (Å²) in [7, 11) is 0. The Labute approximate surface area is 133 Å². The van der Waals surface area contributed by atoms with E-state index in [9.17, 15) is 9.59 Å². The summed E-state index contributed by atoms with van der Waals surface area (Å²) < 4.78 is 0. The predicted octanol–water partition coefficient (Wildman–Crippen LogP) is 3.84. The van der Waals surface area contributed by atoms with Crippen molar-refractivity contribution in [1.29, 1.82) is 0 Å². The van der Waals surface area contributed by atoms with Crippen molar-refractivity contribution in [3.63, 3.8) is 0 Å². The summed E-state index contributed by atoms with van der Waals surface area (Å²) in [5.74, 6) is -0.128. The van der Waals surface area contributed by atoms with E-state index in [-0.39, 0.29) is 18.0 Å². The largest absolute Gasteiger partial charge is 0.336 e. The number of rotatable bonds is 4. The molecule has 0 aliphatic rings. The maximum atomic E-state index is 12.0. The lowest BCUT2D eigenvalue weighted by Crippen LogP contribution is -2.34. The highest BCUT2D eigenvalue weighted by molar-refractivity contribution is 7.14. The quantitative estimate of drug-likeness (QED) is 0.802. The molecule has 0 saturated heterocycles. The smallest absolute Gasteiger partial charge is 0.319 e. The van der Waals surface area contributed by atoms with E-state index < -0.39 is 0 Å². The minimum absolute atomic E-state index is 0.0767. The van der Waals surface area contributed by atoms with E-state index in [1.54, 1.807) is 24.3 Å². The Bertz CT molecular complexity index is 662. The van der Waals surface area contributed by atoms with Gasteiger partial charge in [-0.15, -0.1) is 11.3 Å². The highest BCUT2D eigenvalue weighted by Crippen LogP contribution is 2.18. The van der Waals surface area contributed by atoms with Gasteiger partial charge in [0.15, 0.2) is 0 Å². The topological polar surface area (TPSA) is 70.2 Å². The molecule has 1 heterocycles. The number of aryl methyl sites for hydroxylation is 1. The van der Waals surface area contributed by atoms with Crippen LogP contribution in [0.5, 0.6) is 0 Å². The monoisotopic (exact) mass is 317 g/mol. The molecule has 2 aromatic rings. The maximum absolute atomic E-state index is 12.0. The second kappa shape index (κ2) is 7.09. The summed E-state index contributed by atoms with van der Waals surface area (Å²) in [5.41, 5.74) is 1.36. The number of urea groups is 1. The molecule has 0 unspecified atom stereocenters. The van der Waals surface area contributed by atoms with Gasteiger partial charge >= 0.3 is 6.03 Å². The lowest BCUT2D eigenvalue weighted by Gasteiger charge is -2.10. The van der Waals surface area contributed by atoms with Crippen molar-refractivity contribution in [1.82, 2.24) is 5.32 Å². The third-order valence-electron chi connectivity index (χ3n) is 2.78. The average molecular weight is 317 g/mol. The molecule has 0 radical (unpaired) electrons. The van der Waals surface area contributed by atoms with Crippen LogP contribution in [0.2, 0.25) is 0 Å². The molecule has 0 aliphatic carbocycles. The van der Waals surface area contributed by atoms with Crippen LogP contribution in [-0.4, -0.2) is 18.0 Å². The second-order valence-corrected chi connectivity index (χ2v) is 6.48. The summed E-state index contributed by atoms with van der Waals surface area (Å²) >= 11 is 1.45. The molecular weight excluding hydrogens is 298 g/mol. The predicted molar refractivity (Wildman–Crippen MR) is 90.7 cm³/mol. The van der Waals surface area contributed by atoms with E-state index in [0.29, 0.717) is 16.3 Å². The van der Waals surface area contributed by atoms with Gasteiger partial charge in [-0.05, 0) is 57.2 Å². The van der Waals surface area contributed by atoms with E-state index in [0.717, 1.165) is 4.88 Å². The van der Waals surface area contributed by atoms with Gasteiger partial charge in [-0.1, -0.05) is 0 Å².